The lowest BCUT2D eigenvalue weighted by molar-refractivity contribution is 0.115. The van der Waals surface area contributed by atoms with Crippen molar-refractivity contribution in [1.82, 2.24) is 9.88 Å². The largest absolute Gasteiger partial charge is 0.497 e. The van der Waals surface area contributed by atoms with Gasteiger partial charge in [0, 0.05) is 32.0 Å². The Kier molecular flexibility index (Phi) is 5.29. The minimum Gasteiger partial charge on any atom is -0.497 e. The summed E-state index contributed by atoms with van der Waals surface area (Å²) >= 11 is 1.50. The molecule has 2 amide bonds. The lowest BCUT2D eigenvalue weighted by Crippen LogP contribution is -2.43. The van der Waals surface area contributed by atoms with E-state index in [-0.39, 0.29) is 17.8 Å². The number of benzene rings is 2. The highest BCUT2D eigenvalue weighted by atomic mass is 32.1. The number of piperidine rings is 1. The van der Waals surface area contributed by atoms with Crippen LogP contribution in [0.15, 0.2) is 42.5 Å². The van der Waals surface area contributed by atoms with Crippen molar-refractivity contribution in [3.05, 3.63) is 48.3 Å². The Bertz CT molecular complexity index is 986. The molecule has 1 N–H and O–H groups in total. The third kappa shape index (κ3) is 4.01. The zero-order chi connectivity index (χ0) is 19.5. The van der Waals surface area contributed by atoms with Crippen LogP contribution < -0.4 is 14.8 Å². The summed E-state index contributed by atoms with van der Waals surface area (Å²) in [6.07, 6.45) is 1.40. The van der Waals surface area contributed by atoms with E-state index >= 15 is 0 Å². The standard InChI is InChI=1S/C20H20FN3O3S/c1-26-14-6-7-18-17(12-14)23-20(28-18)27-13-8-10-24(11-9-13)19(25)22-16-5-3-2-4-15(16)21/h2-7,12-13H,8-11H2,1H3,(H,22,25). The van der Waals surface area contributed by atoms with E-state index in [1.54, 1.807) is 30.2 Å². The van der Waals surface area contributed by atoms with Crippen LogP contribution in [0.3, 0.4) is 0 Å². The molecule has 28 heavy (non-hydrogen) atoms. The molecule has 1 aliphatic heterocycles. The lowest BCUT2D eigenvalue weighted by Gasteiger charge is -2.31. The van der Waals surface area contributed by atoms with Crippen molar-refractivity contribution >= 4 is 33.3 Å². The van der Waals surface area contributed by atoms with E-state index in [2.05, 4.69) is 10.3 Å². The van der Waals surface area contributed by atoms with Gasteiger partial charge in [0.2, 0.25) is 0 Å². The molecule has 1 aromatic heterocycles. The number of nitrogens with one attached hydrogen (secondary N) is 1. The van der Waals surface area contributed by atoms with Crippen molar-refractivity contribution in [1.29, 1.82) is 0 Å². The van der Waals surface area contributed by atoms with Crippen LogP contribution >= 0.6 is 11.3 Å². The summed E-state index contributed by atoms with van der Waals surface area (Å²) in [7, 11) is 1.63. The maximum atomic E-state index is 13.7. The fourth-order valence-electron chi connectivity index (χ4n) is 3.14. The molecule has 0 bridgehead atoms. The second kappa shape index (κ2) is 8.02. The molecule has 6 nitrogen and oxygen atoms in total. The number of urea groups is 1. The first-order chi connectivity index (χ1) is 13.6. The predicted octanol–water partition coefficient (Wildman–Crippen LogP) is 4.52. The number of thiazole rings is 1. The molecule has 0 unspecified atom stereocenters. The summed E-state index contributed by atoms with van der Waals surface area (Å²) in [5.41, 5.74) is 1.04. The molecule has 2 aromatic carbocycles. The Morgan fingerprint density at radius 2 is 2.04 bits per heavy atom. The van der Waals surface area contributed by atoms with E-state index < -0.39 is 5.82 Å². The van der Waals surface area contributed by atoms with Gasteiger partial charge in [-0.2, -0.15) is 0 Å². The van der Waals surface area contributed by atoms with Gasteiger partial charge in [-0.15, -0.1) is 0 Å². The summed E-state index contributed by atoms with van der Waals surface area (Å²) in [5.74, 6) is 0.319. The normalized spacial score (nSPS) is 14.9. The number of ether oxygens (including phenoxy) is 2. The summed E-state index contributed by atoms with van der Waals surface area (Å²) in [6.45, 7) is 1.09. The number of aromatic nitrogens is 1. The summed E-state index contributed by atoms with van der Waals surface area (Å²) in [6, 6.07) is 11.6. The first-order valence-corrected chi connectivity index (χ1v) is 9.86. The highest BCUT2D eigenvalue weighted by molar-refractivity contribution is 7.20. The minimum atomic E-state index is -0.443. The van der Waals surface area contributed by atoms with Crippen LogP contribution in [-0.4, -0.2) is 42.2 Å². The number of carbonyl (C=O) groups is 1. The van der Waals surface area contributed by atoms with Crippen molar-refractivity contribution < 1.29 is 18.7 Å². The average Bonchev–Trinajstić information content (AvgIpc) is 3.11. The summed E-state index contributed by atoms with van der Waals surface area (Å²) in [5, 5.41) is 3.24. The van der Waals surface area contributed by atoms with E-state index in [4.69, 9.17) is 9.47 Å². The Balaban J connectivity index is 1.33. The number of anilines is 1. The van der Waals surface area contributed by atoms with Gasteiger partial charge in [-0.3, -0.25) is 0 Å². The number of nitrogens with zero attached hydrogens (tertiary/aromatic N) is 2. The Labute approximate surface area is 165 Å². The van der Waals surface area contributed by atoms with E-state index in [0.29, 0.717) is 31.1 Å². The van der Waals surface area contributed by atoms with Gasteiger partial charge in [0.1, 0.15) is 17.7 Å². The highest BCUT2D eigenvalue weighted by Gasteiger charge is 2.25. The smallest absolute Gasteiger partial charge is 0.321 e. The van der Waals surface area contributed by atoms with Crippen LogP contribution in [0.25, 0.3) is 10.2 Å². The van der Waals surface area contributed by atoms with Crippen LogP contribution in [0.2, 0.25) is 0 Å². The van der Waals surface area contributed by atoms with Crippen molar-refractivity contribution in [3.8, 4) is 10.9 Å². The molecule has 0 saturated carbocycles. The molecule has 1 fully saturated rings. The molecule has 0 atom stereocenters. The molecule has 146 valence electrons. The SMILES string of the molecule is COc1ccc2sc(OC3CCN(C(=O)Nc4ccccc4F)CC3)nc2c1. The molecular weight excluding hydrogens is 381 g/mol. The quantitative estimate of drug-likeness (QED) is 0.698. The van der Waals surface area contributed by atoms with Crippen molar-refractivity contribution in [2.24, 2.45) is 0 Å². The van der Waals surface area contributed by atoms with Crippen molar-refractivity contribution in [3.63, 3.8) is 0 Å². The number of halogens is 1. The van der Waals surface area contributed by atoms with Crippen LogP contribution in [0.1, 0.15) is 12.8 Å². The average molecular weight is 401 g/mol. The van der Waals surface area contributed by atoms with Crippen LogP contribution in [0.4, 0.5) is 14.9 Å². The number of methoxy groups -OCH3 is 1. The van der Waals surface area contributed by atoms with Gasteiger partial charge in [-0.05, 0) is 24.3 Å². The third-order valence-corrected chi connectivity index (χ3v) is 5.61. The van der Waals surface area contributed by atoms with Gasteiger partial charge in [-0.1, -0.05) is 23.5 Å². The molecule has 2 heterocycles. The van der Waals surface area contributed by atoms with Crippen LogP contribution in [-0.2, 0) is 0 Å². The zero-order valence-corrected chi connectivity index (χ0v) is 16.2. The maximum Gasteiger partial charge on any atom is 0.321 e. The Hall–Kier alpha value is -2.87. The van der Waals surface area contributed by atoms with Crippen molar-refractivity contribution in [2.75, 3.05) is 25.5 Å². The predicted molar refractivity (Wildman–Crippen MR) is 107 cm³/mol. The van der Waals surface area contributed by atoms with Crippen LogP contribution in [0.5, 0.6) is 10.9 Å². The fourth-order valence-corrected chi connectivity index (χ4v) is 4.00. The molecule has 1 aliphatic rings. The van der Waals surface area contributed by atoms with Gasteiger partial charge in [0.05, 0.1) is 23.0 Å². The second-order valence-corrected chi connectivity index (χ2v) is 7.52. The topological polar surface area (TPSA) is 63.7 Å². The van der Waals surface area contributed by atoms with Gasteiger partial charge in [-0.25, -0.2) is 14.2 Å². The number of hydrogen-bond acceptors (Lipinski definition) is 5. The number of rotatable bonds is 4. The number of likely N-dealkylation sites (tertiary alicyclic amines) is 1. The Morgan fingerprint density at radius 1 is 1.25 bits per heavy atom. The van der Waals surface area contributed by atoms with Crippen molar-refractivity contribution in [2.45, 2.75) is 18.9 Å². The summed E-state index contributed by atoms with van der Waals surface area (Å²) < 4.78 is 26.0. The molecule has 1 saturated heterocycles. The van der Waals surface area contributed by atoms with E-state index in [0.717, 1.165) is 16.0 Å². The number of para-hydroxylation sites is 1. The van der Waals surface area contributed by atoms with E-state index in [9.17, 15) is 9.18 Å². The fraction of sp³-hybridized carbons (Fsp3) is 0.300. The first-order valence-electron chi connectivity index (χ1n) is 9.04. The van der Waals surface area contributed by atoms with Crippen LogP contribution in [0, 0.1) is 5.82 Å². The molecule has 4 rings (SSSR count). The summed E-state index contributed by atoms with van der Waals surface area (Å²) in [4.78, 5) is 18.5. The molecule has 0 radical (unpaired) electrons. The van der Waals surface area contributed by atoms with Gasteiger partial charge < -0.3 is 19.7 Å². The molecule has 0 spiro atoms. The number of fused-ring (bicyclic) bond motifs is 1. The van der Waals surface area contributed by atoms with Gasteiger partial charge in [0.25, 0.3) is 5.19 Å². The molecule has 0 aliphatic carbocycles. The molecule has 8 heteroatoms. The number of hydrogen-bond donors (Lipinski definition) is 1. The Morgan fingerprint density at radius 3 is 2.79 bits per heavy atom. The third-order valence-electron chi connectivity index (χ3n) is 4.69. The maximum absolute atomic E-state index is 13.7. The van der Waals surface area contributed by atoms with E-state index in [1.165, 1.54) is 17.4 Å². The zero-order valence-electron chi connectivity index (χ0n) is 15.4. The first kappa shape index (κ1) is 18.5. The lowest BCUT2D eigenvalue weighted by atomic mass is 10.1. The monoisotopic (exact) mass is 401 g/mol. The van der Waals surface area contributed by atoms with Gasteiger partial charge >= 0.3 is 6.03 Å². The van der Waals surface area contributed by atoms with E-state index in [1.807, 2.05) is 18.2 Å². The highest BCUT2D eigenvalue weighted by Crippen LogP contribution is 2.32. The molecular formula is C20H20FN3O3S. The second-order valence-electron chi connectivity index (χ2n) is 6.53. The number of carbonyl (C=O) groups excluding carboxylic acids is 1. The molecule has 3 aromatic rings. The van der Waals surface area contributed by atoms with Gasteiger partial charge in [0.15, 0.2) is 0 Å². The minimum absolute atomic E-state index is 0.0000285. The number of amides is 2.